The molecule has 1 fully saturated rings. The highest BCUT2D eigenvalue weighted by molar-refractivity contribution is 5.88. The molecule has 5 heteroatoms. The molecule has 0 aliphatic carbocycles. The van der Waals surface area contributed by atoms with Crippen LogP contribution in [0.5, 0.6) is 0 Å². The van der Waals surface area contributed by atoms with Crippen LogP contribution < -0.4 is 5.84 Å². The van der Waals surface area contributed by atoms with E-state index < -0.39 is 11.5 Å². The van der Waals surface area contributed by atoms with Gasteiger partial charge in [-0.3, -0.25) is 14.6 Å². The molecule has 1 saturated heterocycles. The molecule has 0 bridgehead atoms. The fourth-order valence-electron chi connectivity index (χ4n) is 2.08. The summed E-state index contributed by atoms with van der Waals surface area (Å²) < 4.78 is 5.22. The van der Waals surface area contributed by atoms with Gasteiger partial charge in [-0.15, -0.1) is 0 Å². The molecule has 1 heterocycles. The molecule has 122 valence electrons. The predicted molar refractivity (Wildman–Crippen MR) is 85.6 cm³/mol. The number of rotatable bonds is 1. The van der Waals surface area contributed by atoms with E-state index in [0.717, 1.165) is 5.01 Å². The molecule has 0 aromatic heterocycles. The van der Waals surface area contributed by atoms with Gasteiger partial charge in [0.2, 0.25) is 5.91 Å². The van der Waals surface area contributed by atoms with E-state index in [4.69, 9.17) is 10.6 Å². The molecule has 1 amide bonds. The van der Waals surface area contributed by atoms with Crippen molar-refractivity contribution in [2.75, 3.05) is 6.54 Å². The van der Waals surface area contributed by atoms with Crippen LogP contribution in [-0.2, 0) is 14.3 Å². The van der Waals surface area contributed by atoms with Crippen LogP contribution in [0, 0.1) is 18.8 Å². The minimum atomic E-state index is -0.526. The Morgan fingerprint density at radius 3 is 2.14 bits per heavy atom. The zero-order chi connectivity index (χ0) is 16.9. The molecule has 2 rings (SSSR count). The number of nitrogens with zero attached hydrogens (tertiary/aromatic N) is 1. The lowest BCUT2D eigenvalue weighted by Crippen LogP contribution is -2.34. The lowest BCUT2D eigenvalue weighted by molar-refractivity contribution is -0.161. The third-order valence-corrected chi connectivity index (χ3v) is 3.32. The summed E-state index contributed by atoms with van der Waals surface area (Å²) in [6.07, 6.45) is 0. The number of aryl methyl sites for hydroxylation is 1. The maximum absolute atomic E-state index is 11.7. The smallest absolute Gasteiger partial charge is 0.312 e. The van der Waals surface area contributed by atoms with Crippen LogP contribution >= 0.6 is 0 Å². The van der Waals surface area contributed by atoms with Gasteiger partial charge in [-0.25, -0.2) is 5.84 Å². The van der Waals surface area contributed by atoms with Crippen molar-refractivity contribution in [1.82, 2.24) is 5.01 Å². The van der Waals surface area contributed by atoms with Gasteiger partial charge < -0.3 is 4.74 Å². The third kappa shape index (κ3) is 5.48. The van der Waals surface area contributed by atoms with Crippen LogP contribution in [0.3, 0.4) is 0 Å². The van der Waals surface area contributed by atoms with Crippen LogP contribution in [0.25, 0.3) is 0 Å². The third-order valence-electron chi connectivity index (χ3n) is 3.32. The van der Waals surface area contributed by atoms with E-state index in [2.05, 4.69) is 19.1 Å². The van der Waals surface area contributed by atoms with Crippen LogP contribution in [0.2, 0.25) is 0 Å². The molecule has 2 N–H and O–H groups in total. The van der Waals surface area contributed by atoms with E-state index in [-0.39, 0.29) is 24.3 Å². The Balaban J connectivity index is 0.000000287. The summed E-state index contributed by atoms with van der Waals surface area (Å²) in [6, 6.07) is 10.3. The van der Waals surface area contributed by atoms with E-state index in [0.29, 0.717) is 0 Å². The Bertz CT molecular complexity index is 508. The van der Waals surface area contributed by atoms with Crippen LogP contribution in [-0.4, -0.2) is 29.0 Å². The molecule has 0 spiro atoms. The number of esters is 1. The topological polar surface area (TPSA) is 72.6 Å². The second kappa shape index (κ2) is 7.40. The molecule has 2 atom stereocenters. The Morgan fingerprint density at radius 2 is 1.82 bits per heavy atom. The summed E-state index contributed by atoms with van der Waals surface area (Å²) in [5.74, 6) is 4.06. The highest BCUT2D eigenvalue weighted by atomic mass is 16.6. The predicted octanol–water partition coefficient (Wildman–Crippen LogP) is 2.29. The van der Waals surface area contributed by atoms with Crippen molar-refractivity contribution in [3.8, 4) is 0 Å². The number of ether oxygens (including phenoxy) is 1. The quantitative estimate of drug-likeness (QED) is 0.491. The van der Waals surface area contributed by atoms with Crippen molar-refractivity contribution < 1.29 is 14.3 Å². The van der Waals surface area contributed by atoms with Gasteiger partial charge in [-0.1, -0.05) is 42.8 Å². The van der Waals surface area contributed by atoms with Crippen molar-refractivity contribution in [1.29, 1.82) is 0 Å². The minimum absolute atomic E-state index is 0.203. The van der Waals surface area contributed by atoms with Crippen LogP contribution in [0.15, 0.2) is 30.3 Å². The first kappa shape index (κ1) is 18.2. The molecule has 0 radical (unpaired) electrons. The highest BCUT2D eigenvalue weighted by Crippen LogP contribution is 2.25. The molecule has 1 aromatic rings. The number of carbonyl (C=O) groups is 2. The van der Waals surface area contributed by atoms with E-state index in [9.17, 15) is 9.59 Å². The van der Waals surface area contributed by atoms with Gasteiger partial charge in [-0.05, 0) is 27.7 Å². The molecule has 0 saturated carbocycles. The van der Waals surface area contributed by atoms with E-state index >= 15 is 0 Å². The zero-order valence-corrected chi connectivity index (χ0v) is 14.0. The van der Waals surface area contributed by atoms with Gasteiger partial charge in [0, 0.05) is 0 Å². The standard InChI is InChI=1S/C10H18N2O3.C7H8/c1-6-7(5-12(11)8(6)13)9(14)15-10(2,3)4;1-7-5-3-2-4-6-7/h6-7H,5,11H2,1-4H3;2-6H,1H3. The van der Waals surface area contributed by atoms with Crippen molar-refractivity contribution in [3.05, 3.63) is 35.9 Å². The first-order valence-corrected chi connectivity index (χ1v) is 7.42. The van der Waals surface area contributed by atoms with Gasteiger partial charge in [0.1, 0.15) is 5.60 Å². The Labute approximate surface area is 132 Å². The van der Waals surface area contributed by atoms with Gasteiger partial charge in [-0.2, -0.15) is 0 Å². The number of benzene rings is 1. The summed E-state index contributed by atoms with van der Waals surface area (Å²) in [6.45, 7) is 9.42. The lowest BCUT2D eigenvalue weighted by Gasteiger charge is -2.22. The summed E-state index contributed by atoms with van der Waals surface area (Å²) >= 11 is 0. The monoisotopic (exact) mass is 306 g/mol. The van der Waals surface area contributed by atoms with Crippen LogP contribution in [0.4, 0.5) is 0 Å². The van der Waals surface area contributed by atoms with Gasteiger partial charge in [0.05, 0.1) is 18.4 Å². The minimum Gasteiger partial charge on any atom is -0.460 e. The van der Waals surface area contributed by atoms with E-state index in [1.165, 1.54) is 5.56 Å². The number of hydrogen-bond donors (Lipinski definition) is 1. The maximum Gasteiger partial charge on any atom is 0.312 e. The molecule has 5 nitrogen and oxygen atoms in total. The second-order valence-electron chi connectivity index (χ2n) is 6.57. The fourth-order valence-corrected chi connectivity index (χ4v) is 2.08. The van der Waals surface area contributed by atoms with Crippen LogP contribution in [0.1, 0.15) is 33.3 Å². The van der Waals surface area contributed by atoms with Crippen molar-refractivity contribution in [2.24, 2.45) is 17.7 Å². The van der Waals surface area contributed by atoms with Crippen molar-refractivity contribution in [2.45, 2.75) is 40.2 Å². The largest absolute Gasteiger partial charge is 0.460 e. The molecule has 1 aromatic carbocycles. The number of carbonyl (C=O) groups excluding carboxylic acids is 2. The molecule has 1 aliphatic rings. The number of hydrogen-bond acceptors (Lipinski definition) is 4. The Hall–Kier alpha value is -1.88. The molecular weight excluding hydrogens is 280 g/mol. The number of hydrazine groups is 1. The first-order valence-electron chi connectivity index (χ1n) is 7.42. The lowest BCUT2D eigenvalue weighted by atomic mass is 9.97. The summed E-state index contributed by atoms with van der Waals surface area (Å²) in [7, 11) is 0. The van der Waals surface area contributed by atoms with Crippen molar-refractivity contribution >= 4 is 11.9 Å². The normalized spacial score (nSPS) is 21.2. The molecule has 22 heavy (non-hydrogen) atoms. The summed E-state index contributed by atoms with van der Waals surface area (Å²) in [4.78, 5) is 23.1. The summed E-state index contributed by atoms with van der Waals surface area (Å²) in [5.41, 5.74) is 0.796. The van der Waals surface area contributed by atoms with Gasteiger partial charge >= 0.3 is 5.97 Å². The van der Waals surface area contributed by atoms with Gasteiger partial charge in [0.15, 0.2) is 0 Å². The Kier molecular flexibility index (Phi) is 6.11. The molecule has 1 aliphatic heterocycles. The van der Waals surface area contributed by atoms with E-state index in [1.54, 1.807) is 27.7 Å². The fraction of sp³-hybridized carbons (Fsp3) is 0.529. The number of nitrogens with two attached hydrogens (primary N) is 1. The average molecular weight is 306 g/mol. The average Bonchev–Trinajstić information content (AvgIpc) is 2.66. The molecule has 2 unspecified atom stereocenters. The SMILES string of the molecule is CC1C(=O)N(N)CC1C(=O)OC(C)(C)C.Cc1ccccc1. The van der Waals surface area contributed by atoms with Crippen molar-refractivity contribution in [3.63, 3.8) is 0 Å². The number of amides is 1. The van der Waals surface area contributed by atoms with Gasteiger partial charge in [0.25, 0.3) is 0 Å². The maximum atomic E-state index is 11.7. The highest BCUT2D eigenvalue weighted by Gasteiger charge is 2.42. The zero-order valence-electron chi connectivity index (χ0n) is 14.0. The van der Waals surface area contributed by atoms with E-state index in [1.807, 2.05) is 18.2 Å². The summed E-state index contributed by atoms with van der Waals surface area (Å²) in [5, 5.41) is 1.08. The second-order valence-corrected chi connectivity index (χ2v) is 6.57. The Morgan fingerprint density at radius 1 is 1.27 bits per heavy atom. The molecular formula is C17H26N2O3. The first-order chi connectivity index (χ1) is 10.1.